The number of likely N-dealkylation sites (tertiary alicyclic amines) is 1. The number of benzene rings is 1. The van der Waals surface area contributed by atoms with Crippen LogP contribution in [0.15, 0.2) is 42.7 Å². The van der Waals surface area contributed by atoms with Crippen LogP contribution in [0.3, 0.4) is 0 Å². The number of carbonyl (C=O) groups excluding carboxylic acids is 1. The Kier molecular flexibility index (Phi) is 4.73. The van der Waals surface area contributed by atoms with Crippen LogP contribution in [0, 0.1) is 11.8 Å². The summed E-state index contributed by atoms with van der Waals surface area (Å²) in [5.74, 6) is 1.53. The molecular weight excluding hydrogens is 334 g/mol. The van der Waals surface area contributed by atoms with Crippen LogP contribution in [-0.4, -0.2) is 42.0 Å². The standard InChI is InChI=1S/C20H22ClN3O/c21-19-3-1-14(2-4-19)17-9-18(13-23-12-17)20(25)24-7-5-15-10-22-11-16(15)6-8-24/h1-4,9,12-13,15-16,22H,5-8,10-11H2/t15-,16+. The molecule has 2 atom stereocenters. The third-order valence-electron chi connectivity index (χ3n) is 5.47. The Morgan fingerprint density at radius 1 is 1.04 bits per heavy atom. The second kappa shape index (κ2) is 7.14. The molecule has 5 heteroatoms. The number of carbonyl (C=O) groups is 1. The van der Waals surface area contributed by atoms with Gasteiger partial charge in [0.05, 0.1) is 5.56 Å². The van der Waals surface area contributed by atoms with Gasteiger partial charge in [-0.1, -0.05) is 23.7 Å². The molecule has 3 heterocycles. The molecule has 1 amide bonds. The predicted molar refractivity (Wildman–Crippen MR) is 99.7 cm³/mol. The first kappa shape index (κ1) is 16.6. The normalized spacial score (nSPS) is 23.2. The smallest absolute Gasteiger partial charge is 0.255 e. The summed E-state index contributed by atoms with van der Waals surface area (Å²) in [5.41, 5.74) is 2.62. The maximum atomic E-state index is 13.0. The van der Waals surface area contributed by atoms with Crippen molar-refractivity contribution in [1.29, 1.82) is 0 Å². The number of hydrogen-bond acceptors (Lipinski definition) is 3. The van der Waals surface area contributed by atoms with Crippen LogP contribution in [0.1, 0.15) is 23.2 Å². The third-order valence-corrected chi connectivity index (χ3v) is 5.72. The van der Waals surface area contributed by atoms with E-state index in [0.717, 1.165) is 62.0 Å². The van der Waals surface area contributed by atoms with E-state index in [4.69, 9.17) is 11.6 Å². The van der Waals surface area contributed by atoms with Gasteiger partial charge in [0.2, 0.25) is 0 Å². The number of nitrogens with one attached hydrogen (secondary N) is 1. The van der Waals surface area contributed by atoms with Gasteiger partial charge in [-0.15, -0.1) is 0 Å². The van der Waals surface area contributed by atoms with Crippen molar-refractivity contribution < 1.29 is 4.79 Å². The number of nitrogens with zero attached hydrogens (tertiary/aromatic N) is 2. The van der Waals surface area contributed by atoms with Gasteiger partial charge in [-0.25, -0.2) is 0 Å². The lowest BCUT2D eigenvalue weighted by Crippen LogP contribution is -2.32. The van der Waals surface area contributed by atoms with E-state index in [-0.39, 0.29) is 5.91 Å². The fourth-order valence-electron chi connectivity index (χ4n) is 3.96. The average molecular weight is 356 g/mol. The minimum atomic E-state index is 0.0937. The molecule has 2 saturated heterocycles. The van der Waals surface area contributed by atoms with Gasteiger partial charge in [0.1, 0.15) is 0 Å². The quantitative estimate of drug-likeness (QED) is 0.897. The van der Waals surface area contributed by atoms with E-state index in [0.29, 0.717) is 10.6 Å². The molecule has 4 rings (SSSR count). The molecule has 0 bridgehead atoms. The lowest BCUT2D eigenvalue weighted by molar-refractivity contribution is 0.0758. The number of rotatable bonds is 2. The van der Waals surface area contributed by atoms with E-state index in [1.807, 2.05) is 35.2 Å². The van der Waals surface area contributed by atoms with E-state index in [1.54, 1.807) is 12.4 Å². The van der Waals surface area contributed by atoms with Crippen LogP contribution in [0.5, 0.6) is 0 Å². The van der Waals surface area contributed by atoms with Gasteiger partial charge >= 0.3 is 0 Å². The van der Waals surface area contributed by atoms with Crippen molar-refractivity contribution in [3.8, 4) is 11.1 Å². The van der Waals surface area contributed by atoms with Gasteiger partial charge in [-0.05, 0) is 61.5 Å². The number of pyridine rings is 1. The lowest BCUT2D eigenvalue weighted by Gasteiger charge is -2.21. The summed E-state index contributed by atoms with van der Waals surface area (Å²) in [6.07, 6.45) is 5.65. The van der Waals surface area contributed by atoms with Crippen LogP contribution in [0.25, 0.3) is 11.1 Å². The Morgan fingerprint density at radius 2 is 1.72 bits per heavy atom. The number of amides is 1. The monoisotopic (exact) mass is 355 g/mol. The summed E-state index contributed by atoms with van der Waals surface area (Å²) >= 11 is 5.96. The molecule has 2 aliphatic heterocycles. The van der Waals surface area contributed by atoms with Gasteiger partial charge in [0, 0.05) is 36.1 Å². The molecule has 4 nitrogen and oxygen atoms in total. The molecule has 0 spiro atoms. The van der Waals surface area contributed by atoms with Crippen molar-refractivity contribution in [3.05, 3.63) is 53.3 Å². The van der Waals surface area contributed by atoms with E-state index in [1.165, 1.54) is 0 Å². The van der Waals surface area contributed by atoms with Crippen molar-refractivity contribution in [1.82, 2.24) is 15.2 Å². The molecular formula is C20H22ClN3O. The highest BCUT2D eigenvalue weighted by Gasteiger charge is 2.31. The van der Waals surface area contributed by atoms with Crippen molar-refractivity contribution in [3.63, 3.8) is 0 Å². The Bertz CT molecular complexity index is 748. The summed E-state index contributed by atoms with van der Waals surface area (Å²) in [6, 6.07) is 9.55. The highest BCUT2D eigenvalue weighted by atomic mass is 35.5. The molecule has 1 aromatic carbocycles. The third kappa shape index (κ3) is 3.55. The Balaban J connectivity index is 1.52. The fourth-order valence-corrected chi connectivity index (χ4v) is 4.09. The molecule has 2 aromatic rings. The first-order valence-electron chi connectivity index (χ1n) is 8.92. The zero-order chi connectivity index (χ0) is 17.2. The van der Waals surface area contributed by atoms with Gasteiger partial charge in [0.25, 0.3) is 5.91 Å². The Labute approximate surface area is 153 Å². The van der Waals surface area contributed by atoms with E-state index in [9.17, 15) is 4.79 Å². The first-order chi connectivity index (χ1) is 12.2. The van der Waals surface area contributed by atoms with Crippen molar-refractivity contribution >= 4 is 17.5 Å². The molecule has 2 aliphatic rings. The zero-order valence-electron chi connectivity index (χ0n) is 14.1. The van der Waals surface area contributed by atoms with E-state index >= 15 is 0 Å². The van der Waals surface area contributed by atoms with Gasteiger partial charge in [-0.2, -0.15) is 0 Å². The molecule has 1 N–H and O–H groups in total. The number of aromatic nitrogens is 1. The second-order valence-corrected chi connectivity index (χ2v) is 7.45. The average Bonchev–Trinajstić information content (AvgIpc) is 3.00. The van der Waals surface area contributed by atoms with E-state index in [2.05, 4.69) is 10.3 Å². The van der Waals surface area contributed by atoms with Gasteiger partial charge in [-0.3, -0.25) is 9.78 Å². The highest BCUT2D eigenvalue weighted by Crippen LogP contribution is 2.28. The van der Waals surface area contributed by atoms with Crippen LogP contribution in [-0.2, 0) is 0 Å². The SMILES string of the molecule is O=C(c1cncc(-c2ccc(Cl)cc2)c1)N1CC[C@@H]2CNC[C@@H]2CC1. The number of halogens is 1. The molecule has 0 saturated carbocycles. The molecule has 0 aliphatic carbocycles. The Morgan fingerprint density at radius 3 is 2.40 bits per heavy atom. The van der Waals surface area contributed by atoms with Crippen LogP contribution >= 0.6 is 11.6 Å². The van der Waals surface area contributed by atoms with E-state index < -0.39 is 0 Å². The maximum Gasteiger partial charge on any atom is 0.255 e. The van der Waals surface area contributed by atoms with Crippen LogP contribution < -0.4 is 5.32 Å². The first-order valence-corrected chi connectivity index (χ1v) is 9.29. The van der Waals surface area contributed by atoms with Crippen molar-refractivity contribution in [2.24, 2.45) is 11.8 Å². The molecule has 130 valence electrons. The Hall–Kier alpha value is -1.91. The maximum absolute atomic E-state index is 13.0. The van der Waals surface area contributed by atoms with Crippen LogP contribution in [0.2, 0.25) is 5.02 Å². The summed E-state index contributed by atoms with van der Waals surface area (Å²) < 4.78 is 0. The lowest BCUT2D eigenvalue weighted by atomic mass is 9.92. The topological polar surface area (TPSA) is 45.2 Å². The zero-order valence-corrected chi connectivity index (χ0v) is 14.9. The van der Waals surface area contributed by atoms with Crippen molar-refractivity contribution in [2.75, 3.05) is 26.2 Å². The molecule has 1 aromatic heterocycles. The summed E-state index contributed by atoms with van der Waals surface area (Å²) in [7, 11) is 0. The second-order valence-electron chi connectivity index (χ2n) is 7.02. The highest BCUT2D eigenvalue weighted by molar-refractivity contribution is 6.30. The molecule has 2 fully saturated rings. The number of hydrogen-bond donors (Lipinski definition) is 1. The molecule has 0 radical (unpaired) electrons. The van der Waals surface area contributed by atoms with Gasteiger partial charge < -0.3 is 10.2 Å². The summed E-state index contributed by atoms with van der Waals surface area (Å²) in [4.78, 5) is 19.2. The summed E-state index contributed by atoms with van der Waals surface area (Å²) in [5, 5.41) is 4.18. The summed E-state index contributed by atoms with van der Waals surface area (Å²) in [6.45, 7) is 3.88. The molecule has 25 heavy (non-hydrogen) atoms. The minimum absolute atomic E-state index is 0.0937. The minimum Gasteiger partial charge on any atom is -0.339 e. The largest absolute Gasteiger partial charge is 0.339 e. The predicted octanol–water partition coefficient (Wildman–Crippen LogP) is 3.47. The van der Waals surface area contributed by atoms with Crippen molar-refractivity contribution in [2.45, 2.75) is 12.8 Å². The number of fused-ring (bicyclic) bond motifs is 1. The molecule has 0 unspecified atom stereocenters. The van der Waals surface area contributed by atoms with Crippen LogP contribution in [0.4, 0.5) is 0 Å². The van der Waals surface area contributed by atoms with Gasteiger partial charge in [0.15, 0.2) is 0 Å². The fraction of sp³-hybridized carbons (Fsp3) is 0.400.